The number of amides is 1. The number of rotatable bonds is 4. The van der Waals surface area contributed by atoms with Crippen molar-refractivity contribution >= 4 is 17.5 Å². The fourth-order valence-corrected chi connectivity index (χ4v) is 2.88. The number of piperazine rings is 1. The number of anilines is 2. The van der Waals surface area contributed by atoms with E-state index in [1.165, 1.54) is 11.1 Å². The van der Waals surface area contributed by atoms with Crippen LogP contribution in [0, 0.1) is 6.92 Å². The topological polar surface area (TPSA) is 61.4 Å². The van der Waals surface area contributed by atoms with E-state index in [-0.39, 0.29) is 5.91 Å². The lowest BCUT2D eigenvalue weighted by molar-refractivity contribution is -0.129. The summed E-state index contributed by atoms with van der Waals surface area (Å²) in [5.41, 5.74) is 2.48. The van der Waals surface area contributed by atoms with Gasteiger partial charge in [0.05, 0.1) is 0 Å². The Kier molecular flexibility index (Phi) is 4.93. The van der Waals surface area contributed by atoms with Crippen molar-refractivity contribution in [2.45, 2.75) is 20.4 Å². The van der Waals surface area contributed by atoms with Crippen molar-refractivity contribution in [3.05, 3.63) is 47.8 Å². The average Bonchev–Trinajstić information content (AvgIpc) is 2.60. The van der Waals surface area contributed by atoms with E-state index in [0.717, 1.165) is 44.4 Å². The molecule has 2 heterocycles. The average molecular weight is 325 g/mol. The monoisotopic (exact) mass is 325 g/mol. The molecule has 1 aliphatic heterocycles. The van der Waals surface area contributed by atoms with E-state index in [2.05, 4.69) is 51.4 Å². The van der Waals surface area contributed by atoms with Crippen LogP contribution in [-0.2, 0) is 11.3 Å². The highest BCUT2D eigenvalue weighted by atomic mass is 16.2. The molecular formula is C18H23N5O. The first kappa shape index (κ1) is 16.2. The molecule has 0 spiro atoms. The Morgan fingerprint density at radius 3 is 2.67 bits per heavy atom. The molecule has 6 nitrogen and oxygen atoms in total. The van der Waals surface area contributed by atoms with E-state index in [0.29, 0.717) is 0 Å². The molecule has 0 saturated carbocycles. The van der Waals surface area contributed by atoms with Crippen LogP contribution in [0.2, 0.25) is 0 Å². The second-order valence-electron chi connectivity index (χ2n) is 6.10. The number of carbonyl (C=O) groups excluding carboxylic acids is 1. The Morgan fingerprint density at radius 2 is 1.96 bits per heavy atom. The highest BCUT2D eigenvalue weighted by Gasteiger charge is 2.19. The van der Waals surface area contributed by atoms with Crippen molar-refractivity contribution in [1.82, 2.24) is 14.9 Å². The first-order valence-electron chi connectivity index (χ1n) is 8.24. The molecule has 0 unspecified atom stereocenters. The Morgan fingerprint density at radius 1 is 1.17 bits per heavy atom. The van der Waals surface area contributed by atoms with Gasteiger partial charge in [-0.15, -0.1) is 0 Å². The van der Waals surface area contributed by atoms with Crippen LogP contribution in [0.5, 0.6) is 0 Å². The zero-order chi connectivity index (χ0) is 16.9. The third kappa shape index (κ3) is 4.01. The first-order valence-corrected chi connectivity index (χ1v) is 8.24. The van der Waals surface area contributed by atoms with Gasteiger partial charge in [0.15, 0.2) is 0 Å². The minimum absolute atomic E-state index is 0.137. The van der Waals surface area contributed by atoms with Gasteiger partial charge in [-0.1, -0.05) is 29.8 Å². The minimum Gasteiger partial charge on any atom is -0.366 e. The van der Waals surface area contributed by atoms with Gasteiger partial charge in [-0.05, 0) is 12.5 Å². The molecule has 0 bridgehead atoms. The molecule has 24 heavy (non-hydrogen) atoms. The van der Waals surface area contributed by atoms with Crippen LogP contribution in [0.4, 0.5) is 11.6 Å². The molecule has 1 aromatic carbocycles. The summed E-state index contributed by atoms with van der Waals surface area (Å²) < 4.78 is 0. The summed E-state index contributed by atoms with van der Waals surface area (Å²) in [5, 5.41) is 3.35. The van der Waals surface area contributed by atoms with Gasteiger partial charge in [0.25, 0.3) is 0 Å². The molecule has 1 amide bonds. The number of hydrogen-bond acceptors (Lipinski definition) is 5. The summed E-state index contributed by atoms with van der Waals surface area (Å²) in [4.78, 5) is 24.1. The van der Waals surface area contributed by atoms with Crippen LogP contribution in [0.3, 0.4) is 0 Å². The predicted octanol–water partition coefficient (Wildman–Crippen LogP) is 2.07. The van der Waals surface area contributed by atoms with Crippen molar-refractivity contribution in [2.75, 3.05) is 36.4 Å². The Balaban J connectivity index is 1.61. The normalized spacial score (nSPS) is 14.6. The number of hydrogen-bond donors (Lipinski definition) is 1. The van der Waals surface area contributed by atoms with Gasteiger partial charge in [-0.2, -0.15) is 0 Å². The molecule has 1 N–H and O–H groups in total. The summed E-state index contributed by atoms with van der Waals surface area (Å²) in [5.74, 6) is 1.85. The number of carbonyl (C=O) groups is 1. The number of nitrogens with one attached hydrogen (secondary N) is 1. The zero-order valence-electron chi connectivity index (χ0n) is 14.2. The highest BCUT2D eigenvalue weighted by Crippen LogP contribution is 2.17. The van der Waals surface area contributed by atoms with E-state index in [1.54, 1.807) is 13.3 Å². The number of nitrogens with zero attached hydrogens (tertiary/aromatic N) is 4. The lowest BCUT2D eigenvalue weighted by Gasteiger charge is -2.34. The molecule has 1 aliphatic rings. The van der Waals surface area contributed by atoms with E-state index in [4.69, 9.17) is 0 Å². The quantitative estimate of drug-likeness (QED) is 0.932. The first-order chi connectivity index (χ1) is 11.6. The van der Waals surface area contributed by atoms with E-state index in [9.17, 15) is 4.79 Å². The maximum absolute atomic E-state index is 11.4. The summed E-state index contributed by atoms with van der Waals surface area (Å²) in [7, 11) is 0. The third-order valence-electron chi connectivity index (χ3n) is 4.26. The van der Waals surface area contributed by atoms with Crippen LogP contribution >= 0.6 is 0 Å². The number of aryl methyl sites for hydroxylation is 1. The predicted molar refractivity (Wildman–Crippen MR) is 95.0 cm³/mol. The van der Waals surface area contributed by atoms with Crippen LogP contribution in [0.25, 0.3) is 0 Å². The van der Waals surface area contributed by atoms with Gasteiger partial charge in [-0.25, -0.2) is 9.97 Å². The molecule has 3 rings (SSSR count). The van der Waals surface area contributed by atoms with E-state index in [1.807, 2.05) is 11.0 Å². The van der Waals surface area contributed by atoms with Crippen molar-refractivity contribution in [3.63, 3.8) is 0 Å². The van der Waals surface area contributed by atoms with Crippen LogP contribution in [0.15, 0.2) is 36.7 Å². The summed E-state index contributed by atoms with van der Waals surface area (Å²) in [6, 6.07) is 10.4. The van der Waals surface area contributed by atoms with E-state index < -0.39 is 0 Å². The second kappa shape index (κ2) is 7.29. The van der Waals surface area contributed by atoms with Crippen molar-refractivity contribution < 1.29 is 4.79 Å². The van der Waals surface area contributed by atoms with Gasteiger partial charge in [0.2, 0.25) is 5.91 Å². The fraction of sp³-hybridized carbons (Fsp3) is 0.389. The summed E-state index contributed by atoms with van der Waals surface area (Å²) in [6.07, 6.45) is 1.59. The van der Waals surface area contributed by atoms with Gasteiger partial charge >= 0.3 is 0 Å². The maximum atomic E-state index is 11.4. The molecule has 0 radical (unpaired) electrons. The second-order valence-corrected chi connectivity index (χ2v) is 6.10. The Labute approximate surface area is 142 Å². The smallest absolute Gasteiger partial charge is 0.219 e. The van der Waals surface area contributed by atoms with Crippen LogP contribution in [0.1, 0.15) is 18.1 Å². The highest BCUT2D eigenvalue weighted by molar-refractivity contribution is 5.73. The molecule has 0 atom stereocenters. The molecule has 1 fully saturated rings. The molecule has 1 aromatic heterocycles. The Hall–Kier alpha value is -2.63. The number of benzene rings is 1. The lowest BCUT2D eigenvalue weighted by Crippen LogP contribution is -2.48. The molecule has 1 saturated heterocycles. The van der Waals surface area contributed by atoms with E-state index >= 15 is 0 Å². The summed E-state index contributed by atoms with van der Waals surface area (Å²) >= 11 is 0. The van der Waals surface area contributed by atoms with Crippen LogP contribution < -0.4 is 10.2 Å². The minimum atomic E-state index is 0.137. The van der Waals surface area contributed by atoms with Gasteiger partial charge < -0.3 is 15.1 Å². The maximum Gasteiger partial charge on any atom is 0.219 e. The molecule has 6 heteroatoms. The van der Waals surface area contributed by atoms with Gasteiger partial charge in [0, 0.05) is 45.7 Å². The van der Waals surface area contributed by atoms with Crippen molar-refractivity contribution in [2.24, 2.45) is 0 Å². The third-order valence-corrected chi connectivity index (χ3v) is 4.26. The molecular weight excluding hydrogens is 302 g/mol. The largest absolute Gasteiger partial charge is 0.366 e. The molecule has 0 aliphatic carbocycles. The Bertz CT molecular complexity index is 710. The van der Waals surface area contributed by atoms with Crippen molar-refractivity contribution in [1.29, 1.82) is 0 Å². The van der Waals surface area contributed by atoms with Gasteiger partial charge in [-0.3, -0.25) is 4.79 Å². The fourth-order valence-electron chi connectivity index (χ4n) is 2.88. The number of aromatic nitrogens is 2. The van der Waals surface area contributed by atoms with Gasteiger partial charge in [0.1, 0.15) is 18.0 Å². The zero-order valence-corrected chi connectivity index (χ0v) is 14.2. The molecule has 126 valence electrons. The SMILES string of the molecule is CC(=O)N1CCN(c2cc(NCc3cccc(C)c3)ncn2)CC1. The van der Waals surface area contributed by atoms with Crippen LogP contribution in [-0.4, -0.2) is 47.0 Å². The summed E-state index contributed by atoms with van der Waals surface area (Å²) in [6.45, 7) is 7.52. The lowest BCUT2D eigenvalue weighted by atomic mass is 10.1. The van der Waals surface area contributed by atoms with Crippen molar-refractivity contribution in [3.8, 4) is 0 Å². The standard InChI is InChI=1S/C18H23N5O/c1-14-4-3-5-16(10-14)12-19-17-11-18(21-13-20-17)23-8-6-22(7-9-23)15(2)24/h3-5,10-11,13H,6-9,12H2,1-2H3,(H,19,20,21). The molecule has 2 aromatic rings.